The minimum atomic E-state index is 0.216. The highest BCUT2D eigenvalue weighted by Crippen LogP contribution is 2.41. The van der Waals surface area contributed by atoms with Crippen LogP contribution < -0.4 is 0 Å². The van der Waals surface area contributed by atoms with Gasteiger partial charge in [-0.25, -0.2) is 0 Å². The summed E-state index contributed by atoms with van der Waals surface area (Å²) in [5, 5.41) is 0. The normalized spacial score (nSPS) is 28.2. The lowest BCUT2D eigenvalue weighted by Gasteiger charge is -2.25. The van der Waals surface area contributed by atoms with Crippen LogP contribution in [-0.4, -0.2) is 17.1 Å². The maximum atomic E-state index is 6.36. The second-order valence-electron chi connectivity index (χ2n) is 6.96. The summed E-state index contributed by atoms with van der Waals surface area (Å²) in [4.78, 5) is 1.05. The highest BCUT2D eigenvalue weighted by molar-refractivity contribution is 7.80. The van der Waals surface area contributed by atoms with Crippen molar-refractivity contribution >= 4 is 17.1 Å². The van der Waals surface area contributed by atoms with Gasteiger partial charge in [0.1, 0.15) is 0 Å². The van der Waals surface area contributed by atoms with Gasteiger partial charge in [0.15, 0.2) is 0 Å². The van der Waals surface area contributed by atoms with Gasteiger partial charge >= 0.3 is 0 Å². The summed E-state index contributed by atoms with van der Waals surface area (Å²) in [6.07, 6.45) is 18.5. The number of fused-ring (bicyclic) bond motifs is 2. The van der Waals surface area contributed by atoms with Crippen LogP contribution in [0.2, 0.25) is 0 Å². The van der Waals surface area contributed by atoms with E-state index in [9.17, 15) is 0 Å². The molecular weight excluding hydrogens is 276 g/mol. The number of hydrogen-bond donors (Lipinski definition) is 0. The molecule has 4 atom stereocenters. The van der Waals surface area contributed by atoms with Crippen LogP contribution in [0.1, 0.15) is 78.1 Å². The molecule has 2 aliphatic carbocycles. The Hall–Kier alpha value is -0.210. The van der Waals surface area contributed by atoms with Crippen LogP contribution in [0.25, 0.3) is 0 Å². The van der Waals surface area contributed by atoms with Crippen LogP contribution in [0.3, 0.4) is 0 Å². The molecule has 1 saturated carbocycles. The molecule has 0 radical (unpaired) electrons. The first-order valence-electron chi connectivity index (χ1n) is 9.05. The second kappa shape index (κ2) is 9.05. The van der Waals surface area contributed by atoms with E-state index in [4.69, 9.17) is 17.0 Å². The standard InChI is InChI=1S/C19H32OS/c1-3-4-5-6-7-8-9-10-18(15(2)21)20-19-14-16-11-12-17(19)13-16/h11-12,16-19H,3-10,13-14H2,1-2H3. The molecule has 4 unspecified atom stereocenters. The third kappa shape index (κ3) is 5.49. The van der Waals surface area contributed by atoms with Crippen molar-refractivity contribution in [3.63, 3.8) is 0 Å². The predicted octanol–water partition coefficient (Wildman–Crippen LogP) is 5.87. The predicted molar refractivity (Wildman–Crippen MR) is 94.9 cm³/mol. The Labute approximate surface area is 136 Å². The Morgan fingerprint density at radius 1 is 1.10 bits per heavy atom. The van der Waals surface area contributed by atoms with Crippen LogP contribution in [0.15, 0.2) is 12.2 Å². The van der Waals surface area contributed by atoms with E-state index in [-0.39, 0.29) is 6.10 Å². The minimum Gasteiger partial charge on any atom is -0.369 e. The maximum Gasteiger partial charge on any atom is 0.0888 e. The molecule has 2 heteroatoms. The number of unbranched alkanes of at least 4 members (excludes halogenated alkanes) is 6. The van der Waals surface area contributed by atoms with Gasteiger partial charge in [0.05, 0.1) is 12.2 Å². The van der Waals surface area contributed by atoms with Crippen LogP contribution in [0, 0.1) is 11.8 Å². The molecule has 21 heavy (non-hydrogen) atoms. The summed E-state index contributed by atoms with van der Waals surface area (Å²) < 4.78 is 6.36. The molecule has 0 aromatic heterocycles. The van der Waals surface area contributed by atoms with E-state index in [1.54, 1.807) is 0 Å². The highest BCUT2D eigenvalue weighted by atomic mass is 32.1. The average molecular weight is 309 g/mol. The van der Waals surface area contributed by atoms with Crippen LogP contribution in [-0.2, 0) is 4.74 Å². The van der Waals surface area contributed by atoms with E-state index in [1.807, 2.05) is 0 Å². The van der Waals surface area contributed by atoms with E-state index in [2.05, 4.69) is 26.0 Å². The molecule has 0 saturated heterocycles. The fourth-order valence-electron chi connectivity index (χ4n) is 3.75. The van der Waals surface area contributed by atoms with Crippen molar-refractivity contribution in [3.05, 3.63) is 12.2 Å². The van der Waals surface area contributed by atoms with Gasteiger partial charge in [0, 0.05) is 10.8 Å². The summed E-state index contributed by atoms with van der Waals surface area (Å²) in [5.74, 6) is 1.45. The molecule has 0 spiro atoms. The van der Waals surface area contributed by atoms with E-state index < -0.39 is 0 Å². The largest absolute Gasteiger partial charge is 0.369 e. The summed E-state index contributed by atoms with van der Waals surface area (Å²) in [5.41, 5.74) is 0. The van der Waals surface area contributed by atoms with Crippen LogP contribution >= 0.6 is 12.2 Å². The molecule has 0 heterocycles. The average Bonchev–Trinajstić information content (AvgIpc) is 3.07. The Balaban J connectivity index is 1.61. The van der Waals surface area contributed by atoms with E-state index in [1.165, 1.54) is 57.8 Å². The van der Waals surface area contributed by atoms with Gasteiger partial charge in [0.2, 0.25) is 0 Å². The van der Waals surface area contributed by atoms with Gasteiger partial charge in [-0.3, -0.25) is 0 Å². The Morgan fingerprint density at radius 2 is 1.81 bits per heavy atom. The van der Waals surface area contributed by atoms with Gasteiger partial charge in [-0.15, -0.1) is 0 Å². The first-order chi connectivity index (χ1) is 10.2. The van der Waals surface area contributed by atoms with Gasteiger partial charge in [-0.1, -0.05) is 76.2 Å². The maximum absolute atomic E-state index is 6.36. The van der Waals surface area contributed by atoms with Crippen molar-refractivity contribution in [3.8, 4) is 0 Å². The molecule has 0 aliphatic heterocycles. The molecule has 0 aromatic carbocycles. The van der Waals surface area contributed by atoms with E-state index in [0.717, 1.165) is 17.2 Å². The smallest absolute Gasteiger partial charge is 0.0888 e. The lowest BCUT2D eigenvalue weighted by atomic mass is 10.0. The number of allylic oxidation sites excluding steroid dienone is 1. The summed E-state index contributed by atoms with van der Waals surface area (Å²) >= 11 is 5.43. The number of ether oxygens (including phenoxy) is 1. The lowest BCUT2D eigenvalue weighted by Crippen LogP contribution is -2.29. The van der Waals surface area contributed by atoms with Crippen molar-refractivity contribution < 1.29 is 4.74 Å². The Morgan fingerprint density at radius 3 is 2.38 bits per heavy atom. The monoisotopic (exact) mass is 308 g/mol. The third-order valence-electron chi connectivity index (χ3n) is 5.08. The van der Waals surface area contributed by atoms with Gasteiger partial charge in [0.25, 0.3) is 0 Å². The van der Waals surface area contributed by atoms with Crippen molar-refractivity contribution in [2.24, 2.45) is 11.8 Å². The summed E-state index contributed by atoms with van der Waals surface area (Å²) in [6.45, 7) is 4.33. The Bertz CT molecular complexity index is 349. The first-order valence-corrected chi connectivity index (χ1v) is 9.45. The quantitative estimate of drug-likeness (QED) is 0.268. The highest BCUT2D eigenvalue weighted by Gasteiger charge is 2.37. The van der Waals surface area contributed by atoms with E-state index >= 15 is 0 Å². The van der Waals surface area contributed by atoms with E-state index in [0.29, 0.717) is 12.0 Å². The zero-order chi connectivity index (χ0) is 15.1. The van der Waals surface area contributed by atoms with Crippen LogP contribution in [0.4, 0.5) is 0 Å². The molecule has 0 amide bonds. The zero-order valence-electron chi connectivity index (χ0n) is 13.9. The fraction of sp³-hybridized carbons (Fsp3) is 0.842. The van der Waals surface area contributed by atoms with Gasteiger partial charge < -0.3 is 4.74 Å². The lowest BCUT2D eigenvalue weighted by molar-refractivity contribution is 0.00498. The molecule has 1 nitrogen and oxygen atoms in total. The number of thiocarbonyl (C=S) groups is 1. The zero-order valence-corrected chi connectivity index (χ0v) is 14.7. The third-order valence-corrected chi connectivity index (χ3v) is 5.34. The van der Waals surface area contributed by atoms with Gasteiger partial charge in [-0.05, 0) is 32.1 Å². The first kappa shape index (κ1) is 17.1. The van der Waals surface area contributed by atoms with Crippen molar-refractivity contribution in [1.29, 1.82) is 0 Å². The Kier molecular flexibility index (Phi) is 7.39. The molecule has 2 rings (SSSR count). The molecule has 0 aromatic rings. The molecular formula is C19H32OS. The summed E-state index contributed by atoms with van der Waals surface area (Å²) in [6, 6.07) is 0. The second-order valence-corrected chi connectivity index (χ2v) is 7.61. The molecule has 120 valence electrons. The SMILES string of the molecule is CCCCCCCCCC(OC1CC2C=CC1C2)C(C)=S. The molecule has 2 bridgehead atoms. The topological polar surface area (TPSA) is 9.23 Å². The number of rotatable bonds is 11. The summed E-state index contributed by atoms with van der Waals surface area (Å²) in [7, 11) is 0. The van der Waals surface area contributed by atoms with Crippen LogP contribution in [0.5, 0.6) is 0 Å². The molecule has 2 aliphatic rings. The fourth-order valence-corrected chi connectivity index (χ4v) is 3.93. The van der Waals surface area contributed by atoms with Crippen molar-refractivity contribution in [2.75, 3.05) is 0 Å². The minimum absolute atomic E-state index is 0.216. The molecule has 0 N–H and O–H groups in total. The van der Waals surface area contributed by atoms with Crippen molar-refractivity contribution in [2.45, 2.75) is 90.3 Å². The number of hydrogen-bond acceptors (Lipinski definition) is 2. The van der Waals surface area contributed by atoms with Gasteiger partial charge in [-0.2, -0.15) is 0 Å². The molecule has 1 fully saturated rings. The van der Waals surface area contributed by atoms with Crippen molar-refractivity contribution in [1.82, 2.24) is 0 Å².